The average molecular weight is 231 g/mol. The van der Waals surface area contributed by atoms with Gasteiger partial charge in [0.15, 0.2) is 0 Å². The molecule has 1 fully saturated rings. The average Bonchev–Trinajstić information content (AvgIpc) is 2.26. The molecule has 0 aromatic rings. The minimum absolute atomic E-state index is 0. The number of hydrogen-bond donors (Lipinski definition) is 3. The molecule has 0 unspecified atom stereocenters. The number of amides is 2. The maximum absolute atomic E-state index is 10.3. The number of hydrogen-bond acceptors (Lipinski definition) is 4. The first-order valence-corrected chi connectivity index (χ1v) is 4.09. The van der Waals surface area contributed by atoms with E-state index in [1.54, 1.807) is 18.5 Å². The van der Waals surface area contributed by atoms with E-state index in [1.807, 2.05) is 6.08 Å². The van der Waals surface area contributed by atoms with Crippen molar-refractivity contribution in [1.29, 1.82) is 0 Å². The van der Waals surface area contributed by atoms with Gasteiger partial charge >= 0.3 is 11.8 Å². The number of nitrogens with one attached hydrogen (secondary N) is 3. The van der Waals surface area contributed by atoms with E-state index < -0.39 is 11.8 Å². The van der Waals surface area contributed by atoms with Gasteiger partial charge in [-0.3, -0.25) is 9.59 Å². The van der Waals surface area contributed by atoms with Crippen molar-refractivity contribution in [2.45, 2.75) is 0 Å². The van der Waals surface area contributed by atoms with Crippen molar-refractivity contribution in [1.82, 2.24) is 16.1 Å². The zero-order chi connectivity index (χ0) is 10.2. The van der Waals surface area contributed by atoms with Crippen molar-refractivity contribution in [3.05, 3.63) is 24.6 Å². The Labute approximate surface area is 94.1 Å². The molecule has 2 aliphatic heterocycles. The lowest BCUT2D eigenvalue weighted by atomic mass is 10.4. The van der Waals surface area contributed by atoms with Gasteiger partial charge in [-0.05, 0) is 12.2 Å². The van der Waals surface area contributed by atoms with Crippen molar-refractivity contribution in [2.75, 3.05) is 13.1 Å². The highest BCUT2D eigenvalue weighted by Crippen LogP contribution is 1.80. The van der Waals surface area contributed by atoms with Crippen LogP contribution in [0.1, 0.15) is 0 Å². The van der Waals surface area contributed by atoms with E-state index in [0.29, 0.717) is 13.1 Å². The molecule has 6 nitrogen and oxygen atoms in total. The number of carbonyl (C=O) groups excluding carboxylic acids is 2. The zero-order valence-electron chi connectivity index (χ0n) is 7.95. The second-order valence-corrected chi connectivity index (χ2v) is 2.44. The summed E-state index contributed by atoms with van der Waals surface area (Å²) >= 11 is 0. The Morgan fingerprint density at radius 3 is 1.87 bits per heavy atom. The van der Waals surface area contributed by atoms with Gasteiger partial charge in [0.25, 0.3) is 0 Å². The molecule has 1 saturated heterocycles. The van der Waals surface area contributed by atoms with Crippen molar-refractivity contribution in [3.8, 4) is 0 Å². The van der Waals surface area contributed by atoms with Crippen LogP contribution in [-0.2, 0) is 14.4 Å². The van der Waals surface area contributed by atoms with Gasteiger partial charge in [0.1, 0.15) is 6.26 Å². The zero-order valence-corrected chi connectivity index (χ0v) is 8.95. The van der Waals surface area contributed by atoms with Gasteiger partial charge in [0, 0.05) is 19.3 Å². The van der Waals surface area contributed by atoms with E-state index in [-0.39, 0.29) is 13.5 Å². The lowest BCUT2D eigenvalue weighted by Gasteiger charge is -2.10. The third-order valence-corrected chi connectivity index (χ3v) is 1.39. The molecule has 2 aliphatic rings. The summed E-state index contributed by atoms with van der Waals surface area (Å²) in [5.74, 6) is -1.06. The van der Waals surface area contributed by atoms with E-state index in [0.717, 1.165) is 0 Å². The number of allylic oxidation sites excluding steroid dienone is 2. The van der Waals surface area contributed by atoms with Crippen molar-refractivity contribution < 1.29 is 14.4 Å². The summed E-state index contributed by atoms with van der Waals surface area (Å²) in [6, 6.07) is 0. The smallest absolute Gasteiger partial charge is 0.309 e. The summed E-state index contributed by atoms with van der Waals surface area (Å²) in [4.78, 5) is 25.1. The normalized spacial score (nSPS) is 16.8. The lowest BCUT2D eigenvalue weighted by Crippen LogP contribution is -2.49. The SMILES string of the molecule is C1=CNOC=C1.O=C1NCCNC1=O.S. The first kappa shape index (κ1) is 13.4. The molecule has 84 valence electrons. The summed E-state index contributed by atoms with van der Waals surface area (Å²) < 4.78 is 0. The van der Waals surface area contributed by atoms with Crippen molar-refractivity contribution >= 4 is 25.3 Å². The second kappa shape index (κ2) is 7.74. The molecule has 2 rings (SSSR count). The van der Waals surface area contributed by atoms with Crippen LogP contribution in [0.25, 0.3) is 0 Å². The molecule has 0 spiro atoms. The Morgan fingerprint density at radius 2 is 1.67 bits per heavy atom. The fraction of sp³-hybridized carbons (Fsp3) is 0.250. The molecule has 0 bridgehead atoms. The highest BCUT2D eigenvalue weighted by Gasteiger charge is 2.15. The molecule has 2 heterocycles. The molecular weight excluding hydrogens is 218 g/mol. The highest BCUT2D eigenvalue weighted by molar-refractivity contribution is 7.59. The van der Waals surface area contributed by atoms with E-state index in [4.69, 9.17) is 0 Å². The number of hydroxylamine groups is 1. The van der Waals surface area contributed by atoms with Crippen LogP contribution in [-0.4, -0.2) is 24.9 Å². The number of piperazine rings is 1. The Balaban J connectivity index is 0.000000253. The lowest BCUT2D eigenvalue weighted by molar-refractivity contribution is -0.140. The highest BCUT2D eigenvalue weighted by atomic mass is 32.1. The summed E-state index contributed by atoms with van der Waals surface area (Å²) in [5.41, 5.74) is 2.52. The monoisotopic (exact) mass is 231 g/mol. The molecule has 15 heavy (non-hydrogen) atoms. The molecule has 0 radical (unpaired) electrons. The Bertz CT molecular complexity index is 250. The van der Waals surface area contributed by atoms with Gasteiger partial charge in [-0.1, -0.05) is 0 Å². The van der Waals surface area contributed by atoms with Crippen LogP contribution in [0.4, 0.5) is 0 Å². The largest absolute Gasteiger partial charge is 0.391 e. The van der Waals surface area contributed by atoms with Crippen molar-refractivity contribution in [3.63, 3.8) is 0 Å². The molecule has 2 amide bonds. The number of rotatable bonds is 0. The van der Waals surface area contributed by atoms with Gasteiger partial charge in [0.05, 0.1) is 0 Å². The quantitative estimate of drug-likeness (QED) is 0.462. The third kappa shape index (κ3) is 5.63. The van der Waals surface area contributed by atoms with Crippen LogP contribution >= 0.6 is 13.5 Å². The molecule has 0 aliphatic carbocycles. The van der Waals surface area contributed by atoms with E-state index in [9.17, 15) is 9.59 Å². The number of carbonyl (C=O) groups is 2. The van der Waals surface area contributed by atoms with Gasteiger partial charge < -0.3 is 15.5 Å². The minimum atomic E-state index is -0.531. The van der Waals surface area contributed by atoms with Crippen LogP contribution in [0.2, 0.25) is 0 Å². The second-order valence-electron chi connectivity index (χ2n) is 2.44. The van der Waals surface area contributed by atoms with E-state index in [2.05, 4.69) is 21.0 Å². The fourth-order valence-corrected chi connectivity index (χ4v) is 0.771. The van der Waals surface area contributed by atoms with Gasteiger partial charge in [-0.2, -0.15) is 13.5 Å². The molecular formula is C8H13N3O3S. The van der Waals surface area contributed by atoms with Crippen molar-refractivity contribution in [2.24, 2.45) is 0 Å². The molecule has 0 saturated carbocycles. The Kier molecular flexibility index (Phi) is 6.90. The van der Waals surface area contributed by atoms with Gasteiger partial charge in [-0.15, -0.1) is 0 Å². The first-order valence-electron chi connectivity index (χ1n) is 4.09. The van der Waals surface area contributed by atoms with Gasteiger partial charge in [-0.25, -0.2) is 5.48 Å². The maximum Gasteiger partial charge on any atom is 0.309 e. The van der Waals surface area contributed by atoms with Gasteiger partial charge in [0.2, 0.25) is 0 Å². The van der Waals surface area contributed by atoms with Crippen LogP contribution in [0.3, 0.4) is 0 Å². The van der Waals surface area contributed by atoms with E-state index in [1.165, 1.54) is 0 Å². The molecule has 0 aromatic heterocycles. The summed E-state index contributed by atoms with van der Waals surface area (Å²) in [7, 11) is 0. The molecule has 0 aromatic carbocycles. The minimum Gasteiger partial charge on any atom is -0.391 e. The van der Waals surface area contributed by atoms with Crippen LogP contribution in [0.15, 0.2) is 24.6 Å². The molecule has 7 heteroatoms. The van der Waals surface area contributed by atoms with Crippen LogP contribution in [0, 0.1) is 0 Å². The van der Waals surface area contributed by atoms with E-state index >= 15 is 0 Å². The molecule has 3 N–H and O–H groups in total. The summed E-state index contributed by atoms with van der Waals surface area (Å²) in [5, 5.41) is 4.76. The standard InChI is InChI=1S/C4H6N2O2.C4H5NO.H2S/c7-3-4(8)6-2-1-5-3;1-2-4-6-5-3-1;/h1-2H2,(H,5,7)(H,6,8);1-5H;1H2. The summed E-state index contributed by atoms with van der Waals surface area (Å²) in [6.07, 6.45) is 6.93. The Hall–Kier alpha value is -1.63. The predicted molar refractivity (Wildman–Crippen MR) is 58.9 cm³/mol. The fourth-order valence-electron chi connectivity index (χ4n) is 0.771. The molecule has 0 atom stereocenters. The topological polar surface area (TPSA) is 79.5 Å². The first-order chi connectivity index (χ1) is 6.80. The maximum atomic E-state index is 10.3. The van der Waals surface area contributed by atoms with Crippen LogP contribution in [0.5, 0.6) is 0 Å². The summed E-state index contributed by atoms with van der Waals surface area (Å²) in [6.45, 7) is 1.09. The Morgan fingerprint density at radius 1 is 1.07 bits per heavy atom. The van der Waals surface area contributed by atoms with Crippen LogP contribution < -0.4 is 16.1 Å². The predicted octanol–water partition coefficient (Wildman–Crippen LogP) is -1.11. The third-order valence-electron chi connectivity index (χ3n) is 1.39.